The number of ketones is 1. The average molecular weight is 353 g/mol. The normalized spacial score (nSPS) is 13.2. The summed E-state index contributed by atoms with van der Waals surface area (Å²) in [5.41, 5.74) is 6.30. The highest BCUT2D eigenvalue weighted by Crippen LogP contribution is 2.39. The number of aromatic nitrogens is 2. The minimum absolute atomic E-state index is 0.137. The van der Waals surface area contributed by atoms with Crippen LogP contribution in [0, 0.1) is 6.92 Å². The van der Waals surface area contributed by atoms with Gasteiger partial charge in [0.2, 0.25) is 5.78 Å². The van der Waals surface area contributed by atoms with Gasteiger partial charge in [0.15, 0.2) is 5.69 Å². The van der Waals surface area contributed by atoms with E-state index in [4.69, 9.17) is 15.0 Å². The van der Waals surface area contributed by atoms with Gasteiger partial charge in [-0.1, -0.05) is 17.3 Å². The fourth-order valence-electron chi connectivity index (χ4n) is 3.03. The first-order valence-electron chi connectivity index (χ1n) is 8.02. The molecule has 7 nitrogen and oxygen atoms in total. The van der Waals surface area contributed by atoms with Gasteiger partial charge in [-0.3, -0.25) is 9.59 Å². The molecule has 0 saturated heterocycles. The molecule has 0 fully saturated rings. The molecular weight excluding hydrogens is 334 g/mol. The van der Waals surface area contributed by atoms with E-state index >= 15 is 0 Å². The lowest BCUT2D eigenvalue weighted by molar-refractivity contribution is -0.141. The number of anilines is 1. The molecule has 0 spiro atoms. The van der Waals surface area contributed by atoms with Crippen molar-refractivity contribution in [3.63, 3.8) is 0 Å². The van der Waals surface area contributed by atoms with E-state index < -0.39 is 11.4 Å². The van der Waals surface area contributed by atoms with E-state index in [1.54, 1.807) is 55.6 Å². The van der Waals surface area contributed by atoms with Crippen LogP contribution in [0.1, 0.15) is 33.9 Å². The predicted octanol–water partition coefficient (Wildman–Crippen LogP) is 2.63. The third-order valence-corrected chi connectivity index (χ3v) is 4.35. The largest absolute Gasteiger partial charge is 0.469 e. The smallest absolute Gasteiger partial charge is 0.307 e. The van der Waals surface area contributed by atoms with Gasteiger partial charge in [0.25, 0.3) is 0 Å². The Morgan fingerprint density at radius 3 is 2.54 bits per heavy atom. The summed E-state index contributed by atoms with van der Waals surface area (Å²) < 4.78 is 9.93. The maximum absolute atomic E-state index is 13.5. The molecule has 3 N–H and O–H groups in total. The van der Waals surface area contributed by atoms with Crippen molar-refractivity contribution in [3.8, 4) is 0 Å². The summed E-state index contributed by atoms with van der Waals surface area (Å²) in [4.78, 5) is 28.8. The van der Waals surface area contributed by atoms with Crippen LogP contribution in [0.4, 0.5) is 5.69 Å². The van der Waals surface area contributed by atoms with E-state index in [1.807, 2.05) is 0 Å². The van der Waals surface area contributed by atoms with Crippen molar-refractivity contribution in [1.82, 2.24) is 10.1 Å². The molecule has 0 radical (unpaired) electrons. The van der Waals surface area contributed by atoms with Gasteiger partial charge in [-0.05, 0) is 36.8 Å². The zero-order valence-electron chi connectivity index (χ0n) is 14.5. The van der Waals surface area contributed by atoms with E-state index in [2.05, 4.69) is 10.1 Å². The number of methoxy groups -OCH3 is 1. The van der Waals surface area contributed by atoms with Gasteiger partial charge in [0.1, 0.15) is 11.2 Å². The molecule has 2 heterocycles. The summed E-state index contributed by atoms with van der Waals surface area (Å²) >= 11 is 0. The molecule has 0 amide bonds. The number of nitrogen functional groups attached to an aromatic ring is 1. The third kappa shape index (κ3) is 2.99. The fraction of sp³-hybridized carbons (Fsp3) is 0.211. The lowest BCUT2D eigenvalue weighted by atomic mass is 9.70. The molecule has 26 heavy (non-hydrogen) atoms. The summed E-state index contributed by atoms with van der Waals surface area (Å²) in [6.45, 7) is 1.70. The predicted molar refractivity (Wildman–Crippen MR) is 94.6 cm³/mol. The Kier molecular flexibility index (Phi) is 4.62. The van der Waals surface area contributed by atoms with Crippen molar-refractivity contribution < 1.29 is 18.8 Å². The number of esters is 1. The molecule has 1 atom stereocenters. The molecule has 0 aliphatic heterocycles. The van der Waals surface area contributed by atoms with Gasteiger partial charge in [0.05, 0.1) is 13.5 Å². The second-order valence-corrected chi connectivity index (χ2v) is 6.02. The van der Waals surface area contributed by atoms with Gasteiger partial charge < -0.3 is 20.0 Å². The highest BCUT2D eigenvalue weighted by atomic mass is 16.5. The highest BCUT2D eigenvalue weighted by Gasteiger charge is 2.46. The minimum Gasteiger partial charge on any atom is -0.469 e. The SMILES string of the molecule is COC(=O)CC(C(=O)c1cc(C)on1)(c1ccc(N)cc1)c1ccc[nH]1. The van der Waals surface area contributed by atoms with Crippen molar-refractivity contribution in [2.24, 2.45) is 0 Å². The molecule has 7 heteroatoms. The summed E-state index contributed by atoms with van der Waals surface area (Å²) in [5.74, 6) is -0.388. The molecule has 134 valence electrons. The van der Waals surface area contributed by atoms with Crippen molar-refractivity contribution in [3.05, 3.63) is 71.4 Å². The van der Waals surface area contributed by atoms with Crippen LogP contribution in [0.5, 0.6) is 0 Å². The van der Waals surface area contributed by atoms with Crippen LogP contribution in [0.15, 0.2) is 53.2 Å². The van der Waals surface area contributed by atoms with Crippen molar-refractivity contribution in [2.45, 2.75) is 18.8 Å². The molecule has 0 saturated carbocycles. The summed E-state index contributed by atoms with van der Waals surface area (Å²) in [6, 6.07) is 11.9. The molecular formula is C19H19N3O4. The Morgan fingerprint density at radius 1 is 1.27 bits per heavy atom. The van der Waals surface area contributed by atoms with E-state index in [0.29, 0.717) is 22.7 Å². The van der Waals surface area contributed by atoms with Crippen LogP contribution >= 0.6 is 0 Å². The van der Waals surface area contributed by atoms with Gasteiger partial charge in [-0.25, -0.2) is 0 Å². The summed E-state index contributed by atoms with van der Waals surface area (Å²) in [5, 5.41) is 3.85. The standard InChI is InChI=1S/C19H19N3O4/c1-12-10-15(22-26-12)18(24)19(11-17(23)25-2,16-4-3-9-21-16)13-5-7-14(20)8-6-13/h3-10,21H,11,20H2,1-2H3. The maximum Gasteiger partial charge on any atom is 0.307 e. The van der Waals surface area contributed by atoms with Crippen LogP contribution in [-0.4, -0.2) is 29.0 Å². The number of aromatic amines is 1. The quantitative estimate of drug-likeness (QED) is 0.400. The van der Waals surface area contributed by atoms with Crippen LogP contribution in [-0.2, 0) is 14.9 Å². The zero-order valence-corrected chi connectivity index (χ0v) is 14.5. The fourth-order valence-corrected chi connectivity index (χ4v) is 3.03. The van der Waals surface area contributed by atoms with E-state index in [1.165, 1.54) is 7.11 Å². The first kappa shape index (κ1) is 17.5. The Bertz CT molecular complexity index is 913. The number of nitrogens with one attached hydrogen (secondary N) is 1. The van der Waals surface area contributed by atoms with Crippen LogP contribution in [0.25, 0.3) is 0 Å². The van der Waals surface area contributed by atoms with E-state index in [0.717, 1.165) is 0 Å². The number of nitrogens with zero attached hydrogens (tertiary/aromatic N) is 1. The second-order valence-electron chi connectivity index (χ2n) is 6.02. The zero-order chi connectivity index (χ0) is 18.7. The Hall–Kier alpha value is -3.35. The number of benzene rings is 1. The maximum atomic E-state index is 13.5. The lowest BCUT2D eigenvalue weighted by Gasteiger charge is -2.30. The lowest BCUT2D eigenvalue weighted by Crippen LogP contribution is -2.40. The van der Waals surface area contributed by atoms with E-state index in [-0.39, 0.29) is 17.9 Å². The number of carbonyl (C=O) groups excluding carboxylic acids is 2. The van der Waals surface area contributed by atoms with Gasteiger partial charge in [-0.15, -0.1) is 0 Å². The van der Waals surface area contributed by atoms with Crippen LogP contribution in [0.3, 0.4) is 0 Å². The Balaban J connectivity index is 2.25. The average Bonchev–Trinajstić information content (AvgIpc) is 3.31. The molecule has 0 bridgehead atoms. The number of nitrogens with two attached hydrogens (primary N) is 1. The number of carbonyl (C=O) groups is 2. The van der Waals surface area contributed by atoms with E-state index in [9.17, 15) is 9.59 Å². The molecule has 0 aliphatic carbocycles. The molecule has 1 aromatic carbocycles. The monoisotopic (exact) mass is 353 g/mol. The molecule has 3 aromatic rings. The molecule has 1 unspecified atom stereocenters. The summed E-state index contributed by atoms with van der Waals surface area (Å²) in [6.07, 6.45) is 1.50. The number of rotatable bonds is 6. The third-order valence-electron chi connectivity index (χ3n) is 4.35. The number of hydrogen-bond acceptors (Lipinski definition) is 6. The molecule has 0 aliphatic rings. The second kappa shape index (κ2) is 6.87. The first-order valence-corrected chi connectivity index (χ1v) is 8.02. The Labute approximate surface area is 150 Å². The first-order chi connectivity index (χ1) is 12.5. The number of Topliss-reactive ketones (excluding diaryl/α,β-unsaturated/α-hetero) is 1. The molecule has 2 aromatic heterocycles. The van der Waals surface area contributed by atoms with Gasteiger partial charge in [0, 0.05) is 23.6 Å². The number of aryl methyl sites for hydroxylation is 1. The number of ether oxygens (including phenoxy) is 1. The number of hydrogen-bond donors (Lipinski definition) is 2. The van der Waals surface area contributed by atoms with Crippen molar-refractivity contribution in [2.75, 3.05) is 12.8 Å². The summed E-state index contributed by atoms with van der Waals surface area (Å²) in [7, 11) is 1.29. The van der Waals surface area contributed by atoms with Crippen LogP contribution < -0.4 is 5.73 Å². The van der Waals surface area contributed by atoms with Crippen LogP contribution in [0.2, 0.25) is 0 Å². The Morgan fingerprint density at radius 2 is 2.00 bits per heavy atom. The van der Waals surface area contributed by atoms with Gasteiger partial charge >= 0.3 is 5.97 Å². The number of H-pyrrole nitrogens is 1. The highest BCUT2D eigenvalue weighted by molar-refractivity contribution is 6.07. The van der Waals surface area contributed by atoms with Gasteiger partial charge in [-0.2, -0.15) is 0 Å². The molecule has 3 rings (SSSR count). The minimum atomic E-state index is -1.34. The van der Waals surface area contributed by atoms with Crippen molar-refractivity contribution >= 4 is 17.4 Å². The van der Waals surface area contributed by atoms with Crippen molar-refractivity contribution in [1.29, 1.82) is 0 Å². The topological polar surface area (TPSA) is 111 Å².